The number of rotatable bonds is 3. The Kier molecular flexibility index (Phi) is 4.06. The normalized spacial score (nSPS) is 13.3. The predicted molar refractivity (Wildman–Crippen MR) is 112 cm³/mol. The van der Waals surface area contributed by atoms with Gasteiger partial charge in [-0.1, -0.05) is 48.5 Å². The Hall–Kier alpha value is -3.59. The predicted octanol–water partition coefficient (Wildman–Crippen LogP) is 5.66. The Labute approximate surface area is 162 Å². The molecule has 1 aliphatic rings. The van der Waals surface area contributed by atoms with Crippen LogP contribution in [0.3, 0.4) is 0 Å². The number of hydrogen-bond donors (Lipinski definition) is 0. The van der Waals surface area contributed by atoms with Gasteiger partial charge >= 0.3 is 0 Å². The monoisotopic (exact) mass is 366 g/mol. The molecule has 3 heteroatoms. The molecule has 4 aromatic carbocycles. The van der Waals surface area contributed by atoms with Crippen LogP contribution < -0.4 is 9.47 Å². The number of carbonyl (C=O) groups is 1. The molecule has 0 fully saturated rings. The fourth-order valence-electron chi connectivity index (χ4n) is 3.68. The molecule has 0 bridgehead atoms. The second-order valence-electron chi connectivity index (χ2n) is 6.79. The Bertz CT molecular complexity index is 1180. The van der Waals surface area contributed by atoms with Crippen LogP contribution in [0.25, 0.3) is 27.6 Å². The summed E-state index contributed by atoms with van der Waals surface area (Å²) in [6, 6.07) is 24.0. The second-order valence-corrected chi connectivity index (χ2v) is 6.79. The van der Waals surface area contributed by atoms with Crippen molar-refractivity contribution < 1.29 is 14.3 Å². The van der Waals surface area contributed by atoms with Crippen molar-refractivity contribution in [2.75, 3.05) is 13.2 Å². The molecule has 0 aromatic heterocycles. The van der Waals surface area contributed by atoms with E-state index in [0.29, 0.717) is 30.3 Å². The molecule has 0 aliphatic carbocycles. The molecule has 5 rings (SSSR count). The van der Waals surface area contributed by atoms with E-state index in [4.69, 9.17) is 9.47 Å². The van der Waals surface area contributed by atoms with E-state index in [0.717, 1.165) is 27.1 Å². The van der Waals surface area contributed by atoms with Crippen molar-refractivity contribution in [3.05, 3.63) is 90.0 Å². The summed E-state index contributed by atoms with van der Waals surface area (Å²) in [4.78, 5) is 12.8. The van der Waals surface area contributed by atoms with Crippen molar-refractivity contribution in [3.8, 4) is 11.5 Å². The van der Waals surface area contributed by atoms with Crippen LogP contribution in [-0.4, -0.2) is 19.0 Å². The van der Waals surface area contributed by atoms with Gasteiger partial charge in [-0.25, -0.2) is 0 Å². The Morgan fingerprint density at radius 3 is 2.11 bits per heavy atom. The highest BCUT2D eigenvalue weighted by Gasteiger charge is 2.14. The van der Waals surface area contributed by atoms with Crippen molar-refractivity contribution in [2.45, 2.75) is 0 Å². The third-order valence-corrected chi connectivity index (χ3v) is 5.04. The van der Waals surface area contributed by atoms with Crippen LogP contribution in [0.15, 0.2) is 78.9 Å². The van der Waals surface area contributed by atoms with Gasteiger partial charge in [-0.05, 0) is 63.5 Å². The molecule has 3 nitrogen and oxygen atoms in total. The number of hydrogen-bond acceptors (Lipinski definition) is 3. The molecular weight excluding hydrogens is 348 g/mol. The lowest BCUT2D eigenvalue weighted by Gasteiger charge is -2.18. The molecular formula is C25H18O3. The molecule has 0 N–H and O–H groups in total. The van der Waals surface area contributed by atoms with Crippen molar-refractivity contribution in [3.63, 3.8) is 0 Å². The van der Waals surface area contributed by atoms with Gasteiger partial charge in [0.05, 0.1) is 0 Å². The highest BCUT2D eigenvalue weighted by atomic mass is 16.6. The van der Waals surface area contributed by atoms with Crippen molar-refractivity contribution in [1.29, 1.82) is 0 Å². The number of ether oxygens (including phenoxy) is 2. The molecule has 0 saturated heterocycles. The second kappa shape index (κ2) is 6.86. The van der Waals surface area contributed by atoms with E-state index in [1.54, 1.807) is 24.3 Å². The van der Waals surface area contributed by atoms with Crippen LogP contribution in [0.5, 0.6) is 11.5 Å². The standard InChI is InChI=1S/C25H18O3/c26-23(19-9-12-24-25(16-19)28-14-13-27-24)11-10-22-20-7-3-1-5-17(20)15-18-6-2-4-8-21(18)22/h1-12,15-16H,13-14H2. The van der Waals surface area contributed by atoms with Gasteiger partial charge < -0.3 is 9.47 Å². The number of benzene rings is 4. The van der Waals surface area contributed by atoms with Gasteiger partial charge in [-0.2, -0.15) is 0 Å². The van der Waals surface area contributed by atoms with E-state index in [-0.39, 0.29) is 5.78 Å². The maximum atomic E-state index is 12.8. The lowest BCUT2D eigenvalue weighted by atomic mass is 9.96. The summed E-state index contributed by atoms with van der Waals surface area (Å²) in [5.41, 5.74) is 1.64. The topological polar surface area (TPSA) is 35.5 Å². The first-order valence-corrected chi connectivity index (χ1v) is 9.32. The molecule has 1 aliphatic heterocycles. The molecule has 0 spiro atoms. The number of fused-ring (bicyclic) bond motifs is 3. The Balaban J connectivity index is 1.57. The summed E-state index contributed by atoms with van der Waals surface area (Å²) in [7, 11) is 0. The van der Waals surface area contributed by atoms with E-state index in [9.17, 15) is 4.79 Å². The van der Waals surface area contributed by atoms with Crippen molar-refractivity contribution in [2.24, 2.45) is 0 Å². The number of carbonyl (C=O) groups excluding carboxylic acids is 1. The van der Waals surface area contributed by atoms with Gasteiger partial charge in [0.25, 0.3) is 0 Å². The molecule has 136 valence electrons. The molecule has 4 aromatic rings. The Morgan fingerprint density at radius 1 is 0.750 bits per heavy atom. The maximum absolute atomic E-state index is 12.8. The minimum Gasteiger partial charge on any atom is -0.486 e. The summed E-state index contributed by atoms with van der Waals surface area (Å²) in [6.45, 7) is 1.04. The fourth-order valence-corrected chi connectivity index (χ4v) is 3.68. The minimum absolute atomic E-state index is 0.0611. The van der Waals surface area contributed by atoms with E-state index in [1.807, 2.05) is 30.3 Å². The number of allylic oxidation sites excluding steroid dienone is 1. The van der Waals surface area contributed by atoms with E-state index in [1.165, 1.54) is 0 Å². The maximum Gasteiger partial charge on any atom is 0.185 e. The van der Waals surface area contributed by atoms with E-state index < -0.39 is 0 Å². The highest BCUT2D eigenvalue weighted by Crippen LogP contribution is 2.32. The van der Waals surface area contributed by atoms with Crippen LogP contribution in [0.2, 0.25) is 0 Å². The van der Waals surface area contributed by atoms with Gasteiger partial charge in [0, 0.05) is 5.56 Å². The quantitative estimate of drug-likeness (QED) is 0.267. The van der Waals surface area contributed by atoms with Gasteiger partial charge in [0.1, 0.15) is 13.2 Å². The van der Waals surface area contributed by atoms with Crippen LogP contribution in [0.1, 0.15) is 15.9 Å². The third-order valence-electron chi connectivity index (χ3n) is 5.04. The van der Waals surface area contributed by atoms with Gasteiger partial charge in [-0.15, -0.1) is 0 Å². The largest absolute Gasteiger partial charge is 0.486 e. The summed E-state index contributed by atoms with van der Waals surface area (Å²) in [5, 5.41) is 4.58. The van der Waals surface area contributed by atoms with Crippen molar-refractivity contribution >= 4 is 33.4 Å². The molecule has 0 atom stereocenters. The lowest BCUT2D eigenvalue weighted by Crippen LogP contribution is -2.15. The molecule has 0 saturated carbocycles. The average Bonchev–Trinajstić information content (AvgIpc) is 2.76. The summed E-state index contributed by atoms with van der Waals surface area (Å²) in [6.07, 6.45) is 3.56. The Morgan fingerprint density at radius 2 is 1.39 bits per heavy atom. The van der Waals surface area contributed by atoms with Crippen LogP contribution in [-0.2, 0) is 0 Å². The number of ketones is 1. The summed E-state index contributed by atoms with van der Waals surface area (Å²) in [5.74, 6) is 1.25. The highest BCUT2D eigenvalue weighted by molar-refractivity contribution is 6.12. The molecule has 0 amide bonds. The van der Waals surface area contributed by atoms with Crippen LogP contribution >= 0.6 is 0 Å². The zero-order valence-electron chi connectivity index (χ0n) is 15.2. The SMILES string of the molecule is O=C(C=Cc1c2ccccc2cc2ccccc12)c1ccc2c(c1)OCCO2. The summed E-state index contributed by atoms with van der Waals surface area (Å²) < 4.78 is 11.1. The van der Waals surface area contributed by atoms with Gasteiger partial charge in [0.2, 0.25) is 0 Å². The van der Waals surface area contributed by atoms with Crippen molar-refractivity contribution in [1.82, 2.24) is 0 Å². The average molecular weight is 366 g/mol. The van der Waals surface area contributed by atoms with Gasteiger partial charge in [0.15, 0.2) is 17.3 Å². The third kappa shape index (κ3) is 2.91. The first-order chi connectivity index (χ1) is 13.8. The van der Waals surface area contributed by atoms with Crippen LogP contribution in [0, 0.1) is 0 Å². The summed E-state index contributed by atoms with van der Waals surface area (Å²) >= 11 is 0. The molecule has 1 heterocycles. The zero-order valence-corrected chi connectivity index (χ0v) is 15.2. The first kappa shape index (κ1) is 16.6. The first-order valence-electron chi connectivity index (χ1n) is 9.32. The van der Waals surface area contributed by atoms with Gasteiger partial charge in [-0.3, -0.25) is 4.79 Å². The minimum atomic E-state index is -0.0611. The smallest absolute Gasteiger partial charge is 0.185 e. The fraction of sp³-hybridized carbons (Fsp3) is 0.0800. The molecule has 0 radical (unpaired) electrons. The zero-order chi connectivity index (χ0) is 18.9. The lowest BCUT2D eigenvalue weighted by molar-refractivity contribution is 0.104. The molecule has 0 unspecified atom stereocenters. The van der Waals surface area contributed by atoms with Crippen LogP contribution in [0.4, 0.5) is 0 Å². The van der Waals surface area contributed by atoms with E-state index in [2.05, 4.69) is 30.3 Å². The molecule has 28 heavy (non-hydrogen) atoms. The van der Waals surface area contributed by atoms with E-state index >= 15 is 0 Å².